The van der Waals surface area contributed by atoms with Crippen molar-refractivity contribution in [2.75, 3.05) is 5.73 Å². The van der Waals surface area contributed by atoms with E-state index in [0.29, 0.717) is 0 Å². The molecule has 4 nitrogen and oxygen atoms in total. The van der Waals surface area contributed by atoms with Crippen molar-refractivity contribution in [2.45, 2.75) is 6.85 Å². The van der Waals surface area contributed by atoms with Gasteiger partial charge in [-0.1, -0.05) is 0 Å². The summed E-state index contributed by atoms with van der Waals surface area (Å²) in [5.41, 5.74) is 4.57. The highest BCUT2D eigenvalue weighted by molar-refractivity contribution is 5.23. The summed E-state index contributed by atoms with van der Waals surface area (Å²) >= 11 is 0. The van der Waals surface area contributed by atoms with Crippen LogP contribution in [0.25, 0.3) is 0 Å². The highest BCUT2D eigenvalue weighted by Gasteiger charge is 1.93. The minimum absolute atomic E-state index is 0.361. The number of hydrogen-bond donors (Lipinski definition) is 2. The Hall–Kier alpha value is -1.32. The van der Waals surface area contributed by atoms with E-state index in [1.54, 1.807) is 0 Å². The maximum atomic E-state index is 8.98. The van der Waals surface area contributed by atoms with Crippen LogP contribution in [0.2, 0.25) is 0 Å². The van der Waals surface area contributed by atoms with E-state index in [9.17, 15) is 0 Å². The van der Waals surface area contributed by atoms with E-state index in [-0.39, 0.29) is 5.95 Å². The molecule has 0 spiro atoms. The quantitative estimate of drug-likeness (QED) is 0.520. The van der Waals surface area contributed by atoms with Crippen molar-refractivity contribution in [1.29, 1.82) is 0 Å². The second-order valence-electron chi connectivity index (χ2n) is 1.38. The molecule has 0 aliphatic heterocycles. The van der Waals surface area contributed by atoms with E-state index in [0.717, 1.165) is 0 Å². The monoisotopic (exact) mass is 129 g/mol. The van der Waals surface area contributed by atoms with Crippen molar-refractivity contribution in [3.63, 3.8) is 0 Å². The van der Waals surface area contributed by atoms with Gasteiger partial charge in [0, 0.05) is 15.8 Å². The van der Waals surface area contributed by atoms with E-state index >= 15 is 0 Å². The minimum atomic E-state index is -2.56. The van der Waals surface area contributed by atoms with Gasteiger partial charge in [0.1, 0.15) is 0 Å². The predicted octanol–water partition coefficient (Wildman–Crippen LogP) is 0.0728. The molecule has 1 aromatic rings. The zero-order chi connectivity index (χ0) is 10.2. The Kier molecular flexibility index (Phi) is 0.527. The minimum Gasteiger partial charge on any atom is -0.493 e. The van der Waals surface area contributed by atoms with Crippen LogP contribution >= 0.6 is 0 Å². The molecule has 0 radical (unpaired) electrons. The largest absolute Gasteiger partial charge is 0.493 e. The summed E-state index contributed by atoms with van der Waals surface area (Å²) < 4.78 is 28.0. The van der Waals surface area contributed by atoms with Gasteiger partial charge in [-0.2, -0.15) is 4.98 Å². The molecule has 1 heterocycles. The molecule has 0 aliphatic carbocycles. The maximum Gasteiger partial charge on any atom is 0.223 e. The van der Waals surface area contributed by atoms with Gasteiger partial charge in [-0.25, -0.2) is 4.98 Å². The number of aryl methyl sites for hydroxylation is 1. The summed E-state index contributed by atoms with van der Waals surface area (Å²) in [6.45, 7) is -2.56. The average Bonchev–Trinajstić information content (AvgIpc) is 1.94. The van der Waals surface area contributed by atoms with Crippen LogP contribution < -0.4 is 5.73 Å². The first-order valence-electron chi connectivity index (χ1n) is 4.16. The summed E-state index contributed by atoms with van der Waals surface area (Å²) in [5.74, 6) is -1.08. The normalized spacial score (nSPS) is 17.3. The topological polar surface area (TPSA) is 72.0 Å². The van der Waals surface area contributed by atoms with Gasteiger partial charge in [-0.15, -0.1) is 0 Å². The summed E-state index contributed by atoms with van der Waals surface area (Å²) in [7, 11) is 0. The third-order valence-electron chi connectivity index (χ3n) is 0.677. The molecule has 3 N–H and O–H groups in total. The lowest BCUT2D eigenvalue weighted by Gasteiger charge is -1.93. The Bertz CT molecular complexity index is 337. The van der Waals surface area contributed by atoms with E-state index < -0.39 is 24.5 Å². The number of nitrogen functional groups attached to an aromatic ring is 1. The molecule has 0 aromatic carbocycles. The van der Waals surface area contributed by atoms with Gasteiger partial charge in [-0.3, -0.25) is 0 Å². The Labute approximate surface area is 58.0 Å². The fourth-order valence-electron chi connectivity index (χ4n) is 0.410. The first-order valence-corrected chi connectivity index (χ1v) is 2.16. The van der Waals surface area contributed by atoms with Gasteiger partial charge in [-0.05, 0) is 6.85 Å². The zero-order valence-corrected chi connectivity index (χ0v) is 4.42. The van der Waals surface area contributed by atoms with Crippen LogP contribution in [0.15, 0.2) is 6.04 Å². The van der Waals surface area contributed by atoms with Crippen molar-refractivity contribution in [3.8, 4) is 5.88 Å². The molecule has 1 aromatic heterocycles. The number of hydrogen-bond acceptors (Lipinski definition) is 4. The van der Waals surface area contributed by atoms with Gasteiger partial charge in [0.15, 0.2) is 0 Å². The molecule has 0 atom stereocenters. The molecule has 1 rings (SSSR count). The number of aromatic hydroxyl groups is 1. The Balaban J connectivity index is 3.37. The van der Waals surface area contributed by atoms with E-state index in [1.165, 1.54) is 0 Å². The molecule has 0 saturated heterocycles. The predicted molar refractivity (Wildman–Crippen MR) is 32.8 cm³/mol. The molecular formula is C5H7N3O. The number of rotatable bonds is 0. The van der Waals surface area contributed by atoms with E-state index in [2.05, 4.69) is 9.97 Å². The molecule has 0 aliphatic rings. The van der Waals surface area contributed by atoms with Crippen molar-refractivity contribution >= 4 is 5.95 Å². The van der Waals surface area contributed by atoms with Gasteiger partial charge >= 0.3 is 0 Å². The lowest BCUT2D eigenvalue weighted by atomic mass is 10.4. The molecule has 0 saturated carbocycles. The summed E-state index contributed by atoms with van der Waals surface area (Å²) in [5, 5.41) is 8.98. The van der Waals surface area contributed by atoms with Gasteiger partial charge < -0.3 is 10.8 Å². The third kappa shape index (κ3) is 1.28. The van der Waals surface area contributed by atoms with Crippen LogP contribution in [0.1, 0.15) is 11.2 Å². The molecule has 4 heteroatoms. The third-order valence-corrected chi connectivity index (χ3v) is 0.677. The second kappa shape index (κ2) is 1.89. The fraction of sp³-hybridized carbons (Fsp3) is 0.200. The van der Waals surface area contributed by atoms with Gasteiger partial charge in [0.2, 0.25) is 11.8 Å². The molecule has 0 amide bonds. The van der Waals surface area contributed by atoms with Gasteiger partial charge in [0.05, 0.1) is 1.37 Å². The summed E-state index contributed by atoms with van der Waals surface area (Å²) in [4.78, 5) is 6.59. The van der Waals surface area contributed by atoms with Crippen LogP contribution in [0.3, 0.4) is 0 Å². The van der Waals surface area contributed by atoms with Crippen LogP contribution in [0.4, 0.5) is 5.95 Å². The number of aromatic nitrogens is 2. The number of nitrogens with zero attached hydrogens (tertiary/aromatic N) is 2. The average molecular weight is 129 g/mol. The molecule has 0 fully saturated rings. The van der Waals surface area contributed by atoms with Gasteiger partial charge in [0.25, 0.3) is 0 Å². The highest BCUT2D eigenvalue weighted by Crippen LogP contribution is 2.05. The highest BCUT2D eigenvalue weighted by atomic mass is 16.3. The molecule has 48 valence electrons. The Morgan fingerprint density at radius 2 is 2.67 bits per heavy atom. The van der Waals surface area contributed by atoms with Crippen molar-refractivity contribution in [2.24, 2.45) is 0 Å². The SMILES string of the molecule is [2H]c1c(O)nc(N)nc1C([2H])([2H])[2H]. The Morgan fingerprint density at radius 3 is 3.33 bits per heavy atom. The fourth-order valence-corrected chi connectivity index (χ4v) is 0.410. The van der Waals surface area contributed by atoms with E-state index in [1.807, 2.05) is 0 Å². The van der Waals surface area contributed by atoms with Crippen molar-refractivity contribution < 1.29 is 10.6 Å². The smallest absolute Gasteiger partial charge is 0.223 e. The second-order valence-corrected chi connectivity index (χ2v) is 1.38. The Morgan fingerprint density at radius 1 is 1.89 bits per heavy atom. The first-order chi connectivity index (χ1) is 5.82. The first kappa shape index (κ1) is 2.51. The summed E-state index contributed by atoms with van der Waals surface area (Å²) in [6, 6.07) is -0.616. The van der Waals surface area contributed by atoms with Crippen molar-refractivity contribution in [1.82, 2.24) is 9.97 Å². The standard InChI is InChI=1S/C5H7N3O/c1-3-2-4(9)8-5(6)7-3/h2H,1H3,(H3,6,7,8,9)/i1D3,2D. The van der Waals surface area contributed by atoms with Crippen LogP contribution in [-0.4, -0.2) is 15.1 Å². The zero-order valence-electron chi connectivity index (χ0n) is 8.42. The molecule has 0 bridgehead atoms. The molecular weight excluding hydrogens is 118 g/mol. The van der Waals surface area contributed by atoms with Crippen LogP contribution in [0.5, 0.6) is 5.88 Å². The molecule has 9 heavy (non-hydrogen) atoms. The van der Waals surface area contributed by atoms with Crippen LogP contribution in [-0.2, 0) is 0 Å². The van der Waals surface area contributed by atoms with Crippen LogP contribution in [0, 0.1) is 6.85 Å². The maximum absolute atomic E-state index is 8.98. The number of anilines is 1. The van der Waals surface area contributed by atoms with Crippen molar-refractivity contribution in [3.05, 3.63) is 11.7 Å². The van der Waals surface area contributed by atoms with E-state index in [4.69, 9.17) is 16.3 Å². The molecule has 0 unspecified atom stereocenters. The lowest BCUT2D eigenvalue weighted by molar-refractivity contribution is 0.452. The number of nitrogens with two attached hydrogens (primary N) is 1. The summed E-state index contributed by atoms with van der Waals surface area (Å²) in [6.07, 6.45) is 0. The lowest BCUT2D eigenvalue weighted by Crippen LogP contribution is -1.94.